The summed E-state index contributed by atoms with van der Waals surface area (Å²) >= 11 is 0. The molecule has 10 heteroatoms. The van der Waals surface area contributed by atoms with E-state index in [0.717, 1.165) is 31.2 Å². The van der Waals surface area contributed by atoms with Gasteiger partial charge in [0.15, 0.2) is 0 Å². The second kappa shape index (κ2) is 14.5. The van der Waals surface area contributed by atoms with E-state index >= 15 is 0 Å². The average molecular weight is 581 g/mol. The molecule has 1 heterocycles. The fourth-order valence-electron chi connectivity index (χ4n) is 5.76. The molecule has 0 aromatic heterocycles. The number of aromatic carboxylic acids is 1. The Morgan fingerprint density at radius 2 is 1.83 bits per heavy atom. The van der Waals surface area contributed by atoms with Crippen LogP contribution in [0.3, 0.4) is 0 Å². The van der Waals surface area contributed by atoms with Crippen LogP contribution in [0.5, 0.6) is 5.75 Å². The molecule has 1 aliphatic carbocycles. The fourth-order valence-corrected chi connectivity index (χ4v) is 5.76. The lowest BCUT2D eigenvalue weighted by atomic mass is 9.96. The minimum absolute atomic E-state index is 0.0511. The van der Waals surface area contributed by atoms with E-state index in [0.29, 0.717) is 36.6 Å². The predicted octanol–water partition coefficient (Wildman–Crippen LogP) is 4.12. The molecule has 0 radical (unpaired) electrons. The molecule has 4 N–H and O–H groups in total. The van der Waals surface area contributed by atoms with Gasteiger partial charge in [0.05, 0.1) is 24.6 Å². The highest BCUT2D eigenvalue weighted by atomic mass is 16.5. The third-order valence-corrected chi connectivity index (χ3v) is 8.26. The van der Waals surface area contributed by atoms with E-state index in [1.165, 1.54) is 6.42 Å². The van der Waals surface area contributed by atoms with Crippen molar-refractivity contribution in [1.82, 2.24) is 15.1 Å². The van der Waals surface area contributed by atoms with Gasteiger partial charge >= 0.3 is 12.0 Å². The molecule has 42 heavy (non-hydrogen) atoms. The molecule has 2 aromatic carbocycles. The lowest BCUT2D eigenvalue weighted by Gasteiger charge is -2.34. The summed E-state index contributed by atoms with van der Waals surface area (Å²) in [6.45, 7) is 5.30. The number of hydrogen-bond acceptors (Lipinski definition) is 6. The van der Waals surface area contributed by atoms with Crippen molar-refractivity contribution in [2.24, 2.45) is 5.92 Å². The average Bonchev–Trinajstić information content (AvgIpc) is 3.00. The third-order valence-electron chi connectivity index (χ3n) is 8.26. The number of ether oxygens (including phenoxy) is 1. The summed E-state index contributed by atoms with van der Waals surface area (Å²) in [5.41, 5.74) is 2.49. The zero-order valence-electron chi connectivity index (χ0n) is 24.8. The van der Waals surface area contributed by atoms with Crippen molar-refractivity contribution in [1.29, 1.82) is 0 Å². The first-order valence-electron chi connectivity index (χ1n) is 14.9. The van der Waals surface area contributed by atoms with Gasteiger partial charge in [-0.25, -0.2) is 9.59 Å². The number of rotatable bonds is 9. The molecule has 4 rings (SSSR count). The predicted molar refractivity (Wildman–Crippen MR) is 161 cm³/mol. The number of carbonyl (C=O) groups is 3. The van der Waals surface area contributed by atoms with Gasteiger partial charge in [0.2, 0.25) is 5.91 Å². The first-order chi connectivity index (χ1) is 20.1. The third kappa shape index (κ3) is 8.45. The van der Waals surface area contributed by atoms with E-state index in [-0.39, 0.29) is 54.6 Å². The van der Waals surface area contributed by atoms with E-state index in [1.807, 2.05) is 39.1 Å². The summed E-state index contributed by atoms with van der Waals surface area (Å²) in [7, 11) is 1.98. The molecule has 2 aromatic rings. The summed E-state index contributed by atoms with van der Waals surface area (Å²) in [4.78, 5) is 41.2. The first kappa shape index (κ1) is 31.3. The minimum atomic E-state index is -0.958. The van der Waals surface area contributed by atoms with Gasteiger partial charge in [0.1, 0.15) is 11.9 Å². The number of carbonyl (C=O) groups excluding carboxylic acids is 2. The Morgan fingerprint density at radius 1 is 1.12 bits per heavy atom. The van der Waals surface area contributed by atoms with Gasteiger partial charge in [0, 0.05) is 42.8 Å². The smallest absolute Gasteiger partial charge is 0.335 e. The zero-order chi connectivity index (χ0) is 30.2. The molecule has 0 bridgehead atoms. The second-order valence-electron chi connectivity index (χ2n) is 11.8. The summed E-state index contributed by atoms with van der Waals surface area (Å²) in [5, 5.41) is 25.1. The van der Waals surface area contributed by atoms with Crippen molar-refractivity contribution >= 4 is 23.6 Å². The largest absolute Gasteiger partial charge is 0.488 e. The van der Waals surface area contributed by atoms with E-state index < -0.39 is 5.97 Å². The molecule has 10 nitrogen and oxygen atoms in total. The molecule has 3 atom stereocenters. The highest BCUT2D eigenvalue weighted by Gasteiger charge is 2.31. The maximum atomic E-state index is 13.5. The molecule has 0 unspecified atom stereocenters. The van der Waals surface area contributed by atoms with Crippen molar-refractivity contribution in [2.75, 3.05) is 32.1 Å². The minimum Gasteiger partial charge on any atom is -0.488 e. The molecule has 0 saturated heterocycles. The van der Waals surface area contributed by atoms with Crippen LogP contribution in [0.1, 0.15) is 67.4 Å². The quantitative estimate of drug-likeness (QED) is 0.351. The number of benzene rings is 2. The number of anilines is 1. The molecule has 2 aliphatic rings. The van der Waals surface area contributed by atoms with E-state index in [4.69, 9.17) is 4.74 Å². The SMILES string of the molecule is C[C@@H]1CN([C@@H](C)CO)C(=O)Cc2cc(NC(=O)NC3CCCCC3)ccc2O[C@@H]1CN(C)Cc1ccc(C(=O)O)cc1. The van der Waals surface area contributed by atoms with Crippen LogP contribution < -0.4 is 15.4 Å². The van der Waals surface area contributed by atoms with Crippen LogP contribution in [-0.4, -0.2) is 82.9 Å². The van der Waals surface area contributed by atoms with Crippen molar-refractivity contribution in [3.8, 4) is 5.75 Å². The van der Waals surface area contributed by atoms with Crippen LogP contribution in [0, 0.1) is 5.92 Å². The van der Waals surface area contributed by atoms with Crippen molar-refractivity contribution in [3.05, 3.63) is 59.2 Å². The Bertz CT molecular complexity index is 1230. The Kier molecular flexibility index (Phi) is 10.8. The van der Waals surface area contributed by atoms with Crippen LogP contribution in [0.15, 0.2) is 42.5 Å². The Hall–Kier alpha value is -3.63. The standard InChI is InChI=1S/C32H44N4O6/c1-21-17-36(22(2)20-37)30(38)16-25-15-27(34-32(41)33-26-7-5-4-6-8-26)13-14-28(25)42-29(21)19-35(3)18-23-9-11-24(12-10-23)31(39)40/h9-15,21-22,26,29,37H,4-8,16-20H2,1-3H3,(H,39,40)(H2,33,34,41)/t21-,22+,29-/m1/s1. The number of carboxylic acid groups (broad SMARTS) is 1. The van der Waals surface area contributed by atoms with E-state index in [2.05, 4.69) is 15.5 Å². The van der Waals surface area contributed by atoms with Gasteiger partial charge in [-0.1, -0.05) is 38.3 Å². The van der Waals surface area contributed by atoms with Crippen LogP contribution >= 0.6 is 0 Å². The second-order valence-corrected chi connectivity index (χ2v) is 11.8. The van der Waals surface area contributed by atoms with Gasteiger partial charge in [-0.2, -0.15) is 0 Å². The summed E-state index contributed by atoms with van der Waals surface area (Å²) in [5.74, 6) is -0.522. The molecule has 1 saturated carbocycles. The van der Waals surface area contributed by atoms with Crippen LogP contribution in [0.2, 0.25) is 0 Å². The van der Waals surface area contributed by atoms with Gasteiger partial charge in [-0.05, 0) is 62.7 Å². The molecule has 1 fully saturated rings. The zero-order valence-corrected chi connectivity index (χ0v) is 24.8. The summed E-state index contributed by atoms with van der Waals surface area (Å²) < 4.78 is 6.59. The lowest BCUT2D eigenvalue weighted by Crippen LogP contribution is -2.47. The number of carboxylic acids is 1. The van der Waals surface area contributed by atoms with Crippen LogP contribution in [0.4, 0.5) is 10.5 Å². The highest BCUT2D eigenvalue weighted by Crippen LogP contribution is 2.29. The Labute approximate surface area is 248 Å². The number of likely N-dealkylation sites (N-methyl/N-ethyl adjacent to an activating group) is 1. The maximum Gasteiger partial charge on any atom is 0.335 e. The van der Waals surface area contributed by atoms with Gasteiger partial charge in [-0.3, -0.25) is 9.69 Å². The Balaban J connectivity index is 1.52. The maximum absolute atomic E-state index is 13.5. The van der Waals surface area contributed by atoms with Gasteiger partial charge in [0.25, 0.3) is 0 Å². The highest BCUT2D eigenvalue weighted by molar-refractivity contribution is 5.90. The molecule has 0 spiro atoms. The van der Waals surface area contributed by atoms with Crippen molar-refractivity contribution in [2.45, 2.75) is 77.1 Å². The topological polar surface area (TPSA) is 131 Å². The summed E-state index contributed by atoms with van der Waals surface area (Å²) in [6.07, 6.45) is 5.24. The number of aliphatic hydroxyl groups is 1. The van der Waals surface area contributed by atoms with Crippen LogP contribution in [-0.2, 0) is 17.8 Å². The van der Waals surface area contributed by atoms with Crippen LogP contribution in [0.25, 0.3) is 0 Å². The monoisotopic (exact) mass is 580 g/mol. The number of amides is 3. The number of hydrogen-bond donors (Lipinski definition) is 4. The fraction of sp³-hybridized carbons (Fsp3) is 0.531. The molecule has 228 valence electrons. The van der Waals surface area contributed by atoms with Gasteiger partial charge < -0.3 is 30.5 Å². The molecular formula is C32H44N4O6. The number of nitrogens with one attached hydrogen (secondary N) is 2. The molecular weight excluding hydrogens is 536 g/mol. The number of aliphatic hydroxyl groups excluding tert-OH is 1. The van der Waals surface area contributed by atoms with Gasteiger partial charge in [-0.15, -0.1) is 0 Å². The molecule has 1 aliphatic heterocycles. The lowest BCUT2D eigenvalue weighted by molar-refractivity contribution is -0.134. The van der Waals surface area contributed by atoms with E-state index in [1.54, 1.807) is 29.2 Å². The normalized spacial score (nSPS) is 20.5. The van der Waals surface area contributed by atoms with Crippen molar-refractivity contribution in [3.63, 3.8) is 0 Å². The number of fused-ring (bicyclic) bond motifs is 1. The number of urea groups is 1. The van der Waals surface area contributed by atoms with Crippen molar-refractivity contribution < 1.29 is 29.3 Å². The first-order valence-corrected chi connectivity index (χ1v) is 14.9. The number of nitrogens with zero attached hydrogens (tertiary/aromatic N) is 2. The Morgan fingerprint density at radius 3 is 2.50 bits per heavy atom. The molecule has 3 amide bonds. The summed E-state index contributed by atoms with van der Waals surface area (Å²) in [6, 6.07) is 11.8. The van der Waals surface area contributed by atoms with E-state index in [9.17, 15) is 24.6 Å².